The highest BCUT2D eigenvalue weighted by molar-refractivity contribution is 5.79. The van der Waals surface area contributed by atoms with Gasteiger partial charge in [0.05, 0.1) is 0 Å². The van der Waals surface area contributed by atoms with Crippen LogP contribution >= 0.6 is 0 Å². The summed E-state index contributed by atoms with van der Waals surface area (Å²) in [5.41, 5.74) is 1.30. The molecular weight excluding hydrogens is 424 g/mol. The number of ether oxygens (including phenoxy) is 1. The van der Waals surface area contributed by atoms with Gasteiger partial charge in [-0.15, -0.1) is 0 Å². The Morgan fingerprint density at radius 1 is 0.882 bits per heavy atom. The highest BCUT2D eigenvalue weighted by Crippen LogP contribution is 2.28. The summed E-state index contributed by atoms with van der Waals surface area (Å²) in [5, 5.41) is 0. The van der Waals surface area contributed by atoms with E-state index in [9.17, 15) is 4.79 Å². The first-order chi connectivity index (χ1) is 16.7. The topological polar surface area (TPSA) is 48.9 Å². The third-order valence-electron chi connectivity index (χ3n) is 7.66. The molecule has 1 amide bonds. The molecule has 0 spiro atoms. The predicted molar refractivity (Wildman–Crippen MR) is 135 cm³/mol. The van der Waals surface area contributed by atoms with Crippen LogP contribution in [0.25, 0.3) is 0 Å². The van der Waals surface area contributed by atoms with Gasteiger partial charge in [-0.05, 0) is 42.7 Å². The van der Waals surface area contributed by atoms with E-state index in [1.807, 2.05) is 12.3 Å². The summed E-state index contributed by atoms with van der Waals surface area (Å²) >= 11 is 0. The van der Waals surface area contributed by atoms with Crippen LogP contribution in [0.4, 0.5) is 5.82 Å². The van der Waals surface area contributed by atoms with Crippen LogP contribution in [-0.2, 0) is 11.3 Å². The number of anilines is 1. The number of hydrogen-bond acceptors (Lipinski definition) is 5. The van der Waals surface area contributed by atoms with Crippen molar-refractivity contribution >= 4 is 11.7 Å². The monoisotopic (exact) mass is 462 g/mol. The SMILES string of the molecule is O=C(C1CCCCC1)N1CCC(Oc2cccc(CN3CCN(c4ccccn4)CC3)c2)CC1. The van der Waals surface area contributed by atoms with Crippen LogP contribution in [0.5, 0.6) is 5.75 Å². The maximum atomic E-state index is 12.8. The summed E-state index contributed by atoms with van der Waals surface area (Å²) in [6, 6.07) is 14.7. The fourth-order valence-corrected chi connectivity index (χ4v) is 5.65. The summed E-state index contributed by atoms with van der Waals surface area (Å²) in [4.78, 5) is 24.3. The van der Waals surface area contributed by atoms with Crippen LogP contribution in [0.3, 0.4) is 0 Å². The Kier molecular flexibility index (Phi) is 7.64. The normalized spacial score (nSPS) is 20.9. The van der Waals surface area contributed by atoms with Crippen molar-refractivity contribution in [2.45, 2.75) is 57.6 Å². The average molecular weight is 463 g/mol. The Hall–Kier alpha value is -2.60. The molecule has 0 atom stereocenters. The van der Waals surface area contributed by atoms with Gasteiger partial charge < -0.3 is 14.5 Å². The fraction of sp³-hybridized carbons (Fsp3) is 0.571. The molecule has 2 saturated heterocycles. The molecule has 2 aromatic rings. The summed E-state index contributed by atoms with van der Waals surface area (Å²) < 4.78 is 6.36. The second-order valence-corrected chi connectivity index (χ2v) is 10.1. The summed E-state index contributed by atoms with van der Waals surface area (Å²) in [7, 11) is 0. The zero-order valence-corrected chi connectivity index (χ0v) is 20.3. The van der Waals surface area contributed by atoms with Gasteiger partial charge in [-0.2, -0.15) is 0 Å². The molecule has 1 aromatic heterocycles. The molecule has 2 aliphatic heterocycles. The molecule has 0 bridgehead atoms. The maximum absolute atomic E-state index is 12.8. The third kappa shape index (κ3) is 5.90. The number of carbonyl (C=O) groups is 1. The molecule has 6 heteroatoms. The van der Waals surface area contributed by atoms with Crippen molar-refractivity contribution in [1.29, 1.82) is 0 Å². The third-order valence-corrected chi connectivity index (χ3v) is 7.66. The van der Waals surface area contributed by atoms with Gasteiger partial charge in [0.2, 0.25) is 5.91 Å². The minimum absolute atomic E-state index is 0.201. The lowest BCUT2D eigenvalue weighted by atomic mass is 9.88. The number of aromatic nitrogens is 1. The van der Waals surface area contributed by atoms with E-state index in [1.54, 1.807) is 0 Å². The van der Waals surface area contributed by atoms with Gasteiger partial charge in [-0.3, -0.25) is 9.69 Å². The van der Waals surface area contributed by atoms with Crippen LogP contribution in [0, 0.1) is 5.92 Å². The molecule has 1 aliphatic carbocycles. The van der Waals surface area contributed by atoms with E-state index >= 15 is 0 Å². The molecule has 182 valence electrons. The van der Waals surface area contributed by atoms with Crippen molar-refractivity contribution in [3.8, 4) is 5.75 Å². The smallest absolute Gasteiger partial charge is 0.225 e. The van der Waals surface area contributed by atoms with Crippen molar-refractivity contribution < 1.29 is 9.53 Å². The number of hydrogen-bond donors (Lipinski definition) is 0. The number of piperazine rings is 1. The van der Waals surface area contributed by atoms with E-state index in [1.165, 1.54) is 24.8 Å². The van der Waals surface area contributed by atoms with Gasteiger partial charge in [-0.25, -0.2) is 4.98 Å². The standard InChI is InChI=1S/C28H38N4O2/c33-28(24-8-2-1-3-9-24)32-15-12-25(13-16-32)34-26-10-6-7-23(21-26)22-30-17-19-31(20-18-30)27-11-4-5-14-29-27/h4-7,10-11,14,21,24-25H,1-3,8-9,12-13,15-20,22H2. The minimum Gasteiger partial charge on any atom is -0.490 e. The van der Waals surface area contributed by atoms with E-state index < -0.39 is 0 Å². The summed E-state index contributed by atoms with van der Waals surface area (Å²) in [6.07, 6.45) is 9.81. The quantitative estimate of drug-likeness (QED) is 0.639. The summed E-state index contributed by atoms with van der Waals surface area (Å²) in [6.45, 7) is 6.70. The van der Waals surface area contributed by atoms with Crippen molar-refractivity contribution in [1.82, 2.24) is 14.8 Å². The average Bonchev–Trinajstić information content (AvgIpc) is 2.90. The lowest BCUT2D eigenvalue weighted by Crippen LogP contribution is -2.46. The number of nitrogens with zero attached hydrogens (tertiary/aromatic N) is 4. The Morgan fingerprint density at radius 2 is 1.68 bits per heavy atom. The summed E-state index contributed by atoms with van der Waals surface area (Å²) in [5.74, 6) is 2.70. The Morgan fingerprint density at radius 3 is 2.41 bits per heavy atom. The molecule has 1 saturated carbocycles. The second kappa shape index (κ2) is 11.2. The van der Waals surface area contributed by atoms with E-state index in [-0.39, 0.29) is 12.0 Å². The Labute approximate surface area is 203 Å². The lowest BCUT2D eigenvalue weighted by Gasteiger charge is -2.36. The number of rotatable bonds is 6. The number of pyridine rings is 1. The van der Waals surface area contributed by atoms with Crippen molar-refractivity contribution in [3.05, 3.63) is 54.2 Å². The largest absolute Gasteiger partial charge is 0.490 e. The van der Waals surface area contributed by atoms with Crippen LogP contribution < -0.4 is 9.64 Å². The van der Waals surface area contributed by atoms with E-state index in [4.69, 9.17) is 4.74 Å². The molecule has 6 nitrogen and oxygen atoms in total. The minimum atomic E-state index is 0.201. The first-order valence-corrected chi connectivity index (χ1v) is 13.2. The molecular formula is C28H38N4O2. The molecule has 34 heavy (non-hydrogen) atoms. The van der Waals surface area contributed by atoms with Crippen LogP contribution in [0.15, 0.2) is 48.7 Å². The van der Waals surface area contributed by atoms with Crippen molar-refractivity contribution in [2.24, 2.45) is 5.92 Å². The van der Waals surface area contributed by atoms with Crippen LogP contribution in [0.2, 0.25) is 0 Å². The van der Waals surface area contributed by atoms with E-state index in [2.05, 4.69) is 56.1 Å². The fourth-order valence-electron chi connectivity index (χ4n) is 5.65. The number of carbonyl (C=O) groups excluding carboxylic acids is 1. The van der Waals surface area contributed by atoms with Crippen LogP contribution in [-0.4, -0.2) is 66.1 Å². The first-order valence-electron chi connectivity index (χ1n) is 13.2. The molecule has 3 fully saturated rings. The highest BCUT2D eigenvalue weighted by Gasteiger charge is 2.29. The highest BCUT2D eigenvalue weighted by atomic mass is 16.5. The molecule has 0 radical (unpaired) electrons. The van der Waals surface area contributed by atoms with Gasteiger partial charge in [0.25, 0.3) is 0 Å². The first kappa shape index (κ1) is 23.2. The molecule has 1 aromatic carbocycles. The van der Waals surface area contributed by atoms with Gasteiger partial charge in [0.1, 0.15) is 17.7 Å². The molecule has 5 rings (SSSR count). The number of likely N-dealkylation sites (tertiary alicyclic amines) is 1. The van der Waals surface area contributed by atoms with Crippen molar-refractivity contribution in [2.75, 3.05) is 44.2 Å². The lowest BCUT2D eigenvalue weighted by molar-refractivity contribution is -0.138. The number of benzene rings is 1. The second-order valence-electron chi connectivity index (χ2n) is 10.1. The number of piperidine rings is 1. The molecule has 3 heterocycles. The van der Waals surface area contributed by atoms with Crippen LogP contribution in [0.1, 0.15) is 50.5 Å². The molecule has 0 unspecified atom stereocenters. The Bertz CT molecular complexity index is 915. The number of amides is 1. The van der Waals surface area contributed by atoms with E-state index in [0.29, 0.717) is 5.91 Å². The van der Waals surface area contributed by atoms with Crippen molar-refractivity contribution in [3.63, 3.8) is 0 Å². The predicted octanol–water partition coefficient (Wildman–Crippen LogP) is 4.35. The molecule has 3 aliphatic rings. The maximum Gasteiger partial charge on any atom is 0.225 e. The van der Waals surface area contributed by atoms with E-state index in [0.717, 1.165) is 83.1 Å². The van der Waals surface area contributed by atoms with Gasteiger partial charge in [0.15, 0.2) is 0 Å². The molecule has 0 N–H and O–H groups in total. The zero-order valence-electron chi connectivity index (χ0n) is 20.3. The van der Waals surface area contributed by atoms with Gasteiger partial charge in [-0.1, -0.05) is 37.5 Å². The Balaban J connectivity index is 1.08. The van der Waals surface area contributed by atoms with Gasteiger partial charge >= 0.3 is 0 Å². The zero-order chi connectivity index (χ0) is 23.2. The van der Waals surface area contributed by atoms with Gasteiger partial charge in [0, 0.05) is 70.8 Å².